The molecule has 0 aliphatic heterocycles. The second-order valence-electron chi connectivity index (χ2n) is 5.02. The third-order valence-corrected chi connectivity index (χ3v) is 4.60. The van der Waals surface area contributed by atoms with E-state index in [1.165, 1.54) is 17.8 Å². The van der Waals surface area contributed by atoms with E-state index in [4.69, 9.17) is 0 Å². The van der Waals surface area contributed by atoms with Crippen LogP contribution in [-0.4, -0.2) is 40.2 Å². The van der Waals surface area contributed by atoms with Crippen molar-refractivity contribution < 1.29 is 9.90 Å². The number of carbonyl (C=O) groups is 1. The second-order valence-corrected chi connectivity index (χ2v) is 6.09. The number of nitrogens with one attached hydrogen (secondary N) is 1. The number of aliphatic hydroxyl groups is 1. The molecule has 1 amide bonds. The van der Waals surface area contributed by atoms with E-state index in [-0.39, 0.29) is 23.8 Å². The molecule has 1 aromatic heterocycles. The van der Waals surface area contributed by atoms with Crippen molar-refractivity contribution in [3.05, 3.63) is 48.2 Å². The van der Waals surface area contributed by atoms with E-state index >= 15 is 0 Å². The van der Waals surface area contributed by atoms with Crippen LogP contribution in [0.1, 0.15) is 12.6 Å². The Labute approximate surface area is 134 Å². The number of benzene rings is 1. The molecule has 0 bridgehead atoms. The molecule has 1 heterocycles. The molecule has 0 saturated heterocycles. The lowest BCUT2D eigenvalue weighted by Gasteiger charge is -2.20. The molecule has 0 aliphatic carbocycles. The molecule has 2 atom stereocenters. The highest BCUT2D eigenvalue weighted by atomic mass is 32.2. The lowest BCUT2D eigenvalue weighted by molar-refractivity contribution is -0.117. The molecule has 22 heavy (non-hydrogen) atoms. The van der Waals surface area contributed by atoms with Crippen LogP contribution in [0.5, 0.6) is 0 Å². The number of thioether (sulfide) groups is 1. The molecule has 0 aliphatic rings. The van der Waals surface area contributed by atoms with Crippen LogP contribution >= 0.6 is 11.8 Å². The van der Waals surface area contributed by atoms with Gasteiger partial charge in [0, 0.05) is 22.8 Å². The summed E-state index contributed by atoms with van der Waals surface area (Å²) < 4.78 is 0. The first-order valence-electron chi connectivity index (χ1n) is 7.12. The fraction of sp³-hybridized carbons (Fsp3) is 0.294. The first-order valence-corrected chi connectivity index (χ1v) is 8.41. The molecule has 1 aromatic carbocycles. The van der Waals surface area contributed by atoms with Crippen LogP contribution in [0.2, 0.25) is 0 Å². The number of aliphatic hydroxyl groups excluding tert-OH is 1. The van der Waals surface area contributed by atoms with Gasteiger partial charge in [-0.05, 0) is 31.4 Å². The zero-order valence-corrected chi connectivity index (χ0v) is 13.5. The fourth-order valence-corrected chi connectivity index (χ4v) is 2.76. The lowest BCUT2D eigenvalue weighted by Crippen LogP contribution is -2.40. The predicted octanol–water partition coefficient (Wildman–Crippen LogP) is 2.48. The molecule has 2 rings (SSSR count). The first-order chi connectivity index (χ1) is 10.6. The number of aromatic nitrogens is 1. The maximum absolute atomic E-state index is 11.9. The Morgan fingerprint density at radius 1 is 1.36 bits per heavy atom. The number of para-hydroxylation sites is 1. The van der Waals surface area contributed by atoms with Crippen LogP contribution in [0.15, 0.2) is 42.5 Å². The van der Waals surface area contributed by atoms with Crippen molar-refractivity contribution in [3.8, 4) is 0 Å². The molecule has 5 heteroatoms. The van der Waals surface area contributed by atoms with Gasteiger partial charge in [-0.15, -0.1) is 0 Å². The minimum absolute atomic E-state index is 0.00357. The molecule has 116 valence electrons. The lowest BCUT2D eigenvalue weighted by atomic mass is 10.2. The summed E-state index contributed by atoms with van der Waals surface area (Å²) in [6.45, 7) is 1.93. The summed E-state index contributed by atoms with van der Waals surface area (Å²) >= 11 is 1.53. The molecule has 0 spiro atoms. The van der Waals surface area contributed by atoms with E-state index in [9.17, 15) is 9.90 Å². The summed E-state index contributed by atoms with van der Waals surface area (Å²) in [7, 11) is 0. The van der Waals surface area contributed by atoms with Gasteiger partial charge in [-0.3, -0.25) is 4.79 Å². The monoisotopic (exact) mass is 316 g/mol. The van der Waals surface area contributed by atoms with Gasteiger partial charge in [0.15, 0.2) is 0 Å². The summed E-state index contributed by atoms with van der Waals surface area (Å²) in [4.78, 5) is 16.4. The van der Waals surface area contributed by atoms with Crippen LogP contribution in [0.25, 0.3) is 17.0 Å². The van der Waals surface area contributed by atoms with Crippen molar-refractivity contribution in [2.24, 2.45) is 0 Å². The third kappa shape index (κ3) is 4.32. The highest BCUT2D eigenvalue weighted by molar-refractivity contribution is 7.99. The number of nitrogens with zero attached hydrogens (tertiary/aromatic N) is 1. The number of pyridine rings is 1. The van der Waals surface area contributed by atoms with Crippen molar-refractivity contribution in [2.45, 2.75) is 18.2 Å². The Kier molecular flexibility index (Phi) is 5.98. The average molecular weight is 316 g/mol. The quantitative estimate of drug-likeness (QED) is 0.804. The predicted molar refractivity (Wildman–Crippen MR) is 92.8 cm³/mol. The van der Waals surface area contributed by atoms with E-state index in [1.807, 2.05) is 49.6 Å². The van der Waals surface area contributed by atoms with Crippen LogP contribution < -0.4 is 5.32 Å². The number of fused-ring (bicyclic) bond motifs is 1. The summed E-state index contributed by atoms with van der Waals surface area (Å²) in [5.74, 6) is -0.185. The molecular weight excluding hydrogens is 296 g/mol. The Morgan fingerprint density at radius 3 is 2.86 bits per heavy atom. The molecule has 4 nitrogen and oxygen atoms in total. The zero-order chi connectivity index (χ0) is 15.9. The van der Waals surface area contributed by atoms with Crippen molar-refractivity contribution in [1.82, 2.24) is 10.3 Å². The van der Waals surface area contributed by atoms with E-state index in [1.54, 1.807) is 6.08 Å². The molecule has 0 radical (unpaired) electrons. The van der Waals surface area contributed by atoms with Gasteiger partial charge in [-0.1, -0.05) is 24.3 Å². The highest BCUT2D eigenvalue weighted by Gasteiger charge is 2.16. The van der Waals surface area contributed by atoms with E-state index in [0.717, 1.165) is 16.6 Å². The van der Waals surface area contributed by atoms with Gasteiger partial charge in [0.05, 0.1) is 17.8 Å². The second kappa shape index (κ2) is 7.96. The fourth-order valence-electron chi connectivity index (χ4n) is 2.14. The number of hydrogen-bond acceptors (Lipinski definition) is 4. The van der Waals surface area contributed by atoms with Crippen LogP contribution in [0.3, 0.4) is 0 Å². The topological polar surface area (TPSA) is 62.2 Å². The summed E-state index contributed by atoms with van der Waals surface area (Å²) in [5.41, 5.74) is 1.64. The zero-order valence-electron chi connectivity index (χ0n) is 12.7. The van der Waals surface area contributed by atoms with Crippen LogP contribution in [0.4, 0.5) is 0 Å². The van der Waals surface area contributed by atoms with Gasteiger partial charge in [-0.2, -0.15) is 11.8 Å². The average Bonchev–Trinajstić information content (AvgIpc) is 2.54. The molecule has 0 unspecified atom stereocenters. The van der Waals surface area contributed by atoms with E-state index in [0.29, 0.717) is 0 Å². The minimum Gasteiger partial charge on any atom is -0.395 e. The van der Waals surface area contributed by atoms with Crippen molar-refractivity contribution >= 4 is 34.6 Å². The van der Waals surface area contributed by atoms with Gasteiger partial charge >= 0.3 is 0 Å². The molecule has 0 saturated carbocycles. The molecular formula is C17H20N2O2S. The molecule has 2 N–H and O–H groups in total. The smallest absolute Gasteiger partial charge is 0.244 e. The largest absolute Gasteiger partial charge is 0.395 e. The SMILES string of the molecule is CS[C@@H](CO)[C@@H](C)NC(=O)/C=C/c1ccc2ccccc2n1. The standard InChI is InChI=1S/C17H20N2O2S/c1-12(16(11-20)22-2)18-17(21)10-9-14-8-7-13-5-3-4-6-15(13)19-14/h3-10,12,16,20H,11H2,1-2H3,(H,18,21)/b10-9+/t12-,16+/m1/s1. The highest BCUT2D eigenvalue weighted by Crippen LogP contribution is 2.13. The number of carbonyl (C=O) groups excluding carboxylic acids is 1. The van der Waals surface area contributed by atoms with Crippen molar-refractivity contribution in [1.29, 1.82) is 0 Å². The number of rotatable bonds is 6. The van der Waals surface area contributed by atoms with E-state index in [2.05, 4.69) is 10.3 Å². The first kappa shape index (κ1) is 16.5. The Balaban J connectivity index is 2.02. The van der Waals surface area contributed by atoms with Crippen molar-refractivity contribution in [3.63, 3.8) is 0 Å². The summed E-state index contributed by atoms with van der Waals surface area (Å²) in [6.07, 6.45) is 5.09. The van der Waals surface area contributed by atoms with E-state index < -0.39 is 0 Å². The minimum atomic E-state index is -0.185. The third-order valence-electron chi connectivity index (χ3n) is 3.44. The number of amides is 1. The molecule has 2 aromatic rings. The number of hydrogen-bond donors (Lipinski definition) is 2. The summed E-state index contributed by atoms with van der Waals surface area (Å²) in [5, 5.41) is 13.1. The Hall–Kier alpha value is -1.85. The normalized spacial score (nSPS) is 14.1. The Morgan fingerprint density at radius 2 is 2.14 bits per heavy atom. The maximum Gasteiger partial charge on any atom is 0.244 e. The van der Waals surface area contributed by atoms with Crippen LogP contribution in [-0.2, 0) is 4.79 Å². The van der Waals surface area contributed by atoms with Gasteiger partial charge in [-0.25, -0.2) is 4.98 Å². The van der Waals surface area contributed by atoms with Crippen molar-refractivity contribution in [2.75, 3.05) is 12.9 Å². The van der Waals surface area contributed by atoms with Crippen LogP contribution in [0, 0.1) is 0 Å². The van der Waals surface area contributed by atoms with Gasteiger partial charge in [0.25, 0.3) is 0 Å². The van der Waals surface area contributed by atoms with Gasteiger partial charge < -0.3 is 10.4 Å². The summed E-state index contributed by atoms with van der Waals surface area (Å²) in [6, 6.07) is 11.6. The Bertz CT molecular complexity index is 669. The van der Waals surface area contributed by atoms with Gasteiger partial charge in [0.1, 0.15) is 0 Å². The van der Waals surface area contributed by atoms with Gasteiger partial charge in [0.2, 0.25) is 5.91 Å². The molecule has 0 fully saturated rings. The maximum atomic E-state index is 11.9.